The zero-order valence-corrected chi connectivity index (χ0v) is 15.8. The van der Waals surface area contributed by atoms with Gasteiger partial charge in [0.1, 0.15) is 0 Å². The molecule has 0 aliphatic carbocycles. The van der Waals surface area contributed by atoms with Crippen molar-refractivity contribution in [1.29, 1.82) is 0 Å². The highest BCUT2D eigenvalue weighted by Crippen LogP contribution is 2.37. The number of anilines is 2. The van der Waals surface area contributed by atoms with Crippen LogP contribution in [0.15, 0.2) is 59.2 Å². The highest BCUT2D eigenvalue weighted by atomic mass is 19.4. The van der Waals surface area contributed by atoms with Crippen LogP contribution in [0.4, 0.5) is 30.2 Å². The van der Waals surface area contributed by atoms with Crippen LogP contribution in [-0.2, 0) is 6.18 Å². The molecule has 0 bridgehead atoms. The molecule has 0 spiro atoms. The molecular formula is C20H11F3N4O5. The van der Waals surface area contributed by atoms with Gasteiger partial charge < -0.3 is 10.4 Å². The molecule has 0 fully saturated rings. The molecule has 0 unspecified atom stereocenters. The smallest absolute Gasteiger partial charge is 0.416 e. The molecule has 32 heavy (non-hydrogen) atoms. The van der Waals surface area contributed by atoms with Gasteiger partial charge in [0.2, 0.25) is 5.52 Å². The Labute approximate surface area is 176 Å². The zero-order valence-electron chi connectivity index (χ0n) is 15.8. The Balaban J connectivity index is 1.81. The van der Waals surface area contributed by atoms with Crippen molar-refractivity contribution in [3.05, 3.63) is 75.8 Å². The average Bonchev–Trinajstić information content (AvgIpc) is 3.23. The number of halogens is 3. The number of benzene rings is 3. The van der Waals surface area contributed by atoms with E-state index >= 15 is 0 Å². The van der Waals surface area contributed by atoms with Crippen LogP contribution in [0.5, 0.6) is 0 Å². The molecule has 0 amide bonds. The van der Waals surface area contributed by atoms with Gasteiger partial charge in [-0.1, -0.05) is 12.1 Å². The van der Waals surface area contributed by atoms with Gasteiger partial charge in [-0.2, -0.15) is 13.2 Å². The summed E-state index contributed by atoms with van der Waals surface area (Å²) in [5, 5.41) is 30.7. The second-order valence-corrected chi connectivity index (χ2v) is 6.62. The van der Waals surface area contributed by atoms with Crippen LogP contribution in [0.25, 0.3) is 22.2 Å². The molecule has 12 heteroatoms. The number of carbonyl (C=O) groups is 1. The van der Waals surface area contributed by atoms with Gasteiger partial charge in [0.25, 0.3) is 0 Å². The minimum atomic E-state index is -4.52. The van der Waals surface area contributed by atoms with E-state index in [0.29, 0.717) is 16.8 Å². The number of hydrogen-bond acceptors (Lipinski definition) is 7. The minimum Gasteiger partial charge on any atom is -0.478 e. The van der Waals surface area contributed by atoms with Crippen LogP contribution in [-0.4, -0.2) is 26.3 Å². The quantitative estimate of drug-likeness (QED) is 0.315. The van der Waals surface area contributed by atoms with E-state index in [9.17, 15) is 33.2 Å². The molecule has 1 aromatic heterocycles. The predicted molar refractivity (Wildman–Crippen MR) is 106 cm³/mol. The number of aromatic nitrogens is 2. The molecule has 0 aliphatic rings. The van der Waals surface area contributed by atoms with Crippen molar-refractivity contribution in [3.63, 3.8) is 0 Å². The van der Waals surface area contributed by atoms with Crippen molar-refractivity contribution >= 4 is 34.1 Å². The number of nitrogens with one attached hydrogen (secondary N) is 1. The summed E-state index contributed by atoms with van der Waals surface area (Å²) < 4.78 is 43.3. The molecular weight excluding hydrogens is 433 g/mol. The third-order valence-electron chi connectivity index (χ3n) is 4.65. The first-order chi connectivity index (χ1) is 15.1. The van der Waals surface area contributed by atoms with Gasteiger partial charge in [0.05, 0.1) is 21.7 Å². The van der Waals surface area contributed by atoms with Crippen molar-refractivity contribution in [2.24, 2.45) is 0 Å². The van der Waals surface area contributed by atoms with Crippen molar-refractivity contribution in [1.82, 2.24) is 10.3 Å². The van der Waals surface area contributed by atoms with Crippen molar-refractivity contribution in [2.75, 3.05) is 5.32 Å². The SMILES string of the molecule is O=C(O)c1ccc(Nc2ccc([N+](=O)[O-])c3nonc23)c(-c2ccc(C(F)(F)F)cc2)c1. The van der Waals surface area contributed by atoms with E-state index in [-0.39, 0.29) is 28.0 Å². The first kappa shape index (κ1) is 20.8. The van der Waals surface area contributed by atoms with Gasteiger partial charge in [0, 0.05) is 17.3 Å². The standard InChI is InChI=1S/C20H11F3N4O5/c21-20(22,23)12-4-1-10(2-5-12)13-9-11(19(28)29)3-6-14(13)24-15-7-8-16(27(30)31)18-17(15)25-32-26-18/h1-9,24H,(H,28,29). The molecule has 4 aromatic rings. The van der Waals surface area contributed by atoms with E-state index in [1.54, 1.807) is 0 Å². The van der Waals surface area contributed by atoms with Crippen LogP contribution in [0.1, 0.15) is 15.9 Å². The second kappa shape index (κ2) is 7.65. The number of fused-ring (bicyclic) bond motifs is 1. The van der Waals surface area contributed by atoms with E-state index < -0.39 is 22.6 Å². The molecule has 0 radical (unpaired) electrons. The summed E-state index contributed by atoms with van der Waals surface area (Å²) >= 11 is 0. The number of alkyl halides is 3. The highest BCUT2D eigenvalue weighted by molar-refractivity contribution is 5.97. The van der Waals surface area contributed by atoms with Gasteiger partial charge in [-0.05, 0) is 52.3 Å². The van der Waals surface area contributed by atoms with Crippen LogP contribution in [0.3, 0.4) is 0 Å². The number of nitrogens with zero attached hydrogens (tertiary/aromatic N) is 3. The summed E-state index contributed by atoms with van der Waals surface area (Å²) in [5.74, 6) is -1.22. The number of carboxylic acids is 1. The van der Waals surface area contributed by atoms with E-state index in [1.807, 2.05) is 0 Å². The van der Waals surface area contributed by atoms with Gasteiger partial charge >= 0.3 is 17.8 Å². The Morgan fingerprint density at radius 2 is 1.66 bits per heavy atom. The van der Waals surface area contributed by atoms with Crippen LogP contribution in [0, 0.1) is 10.1 Å². The molecule has 0 atom stereocenters. The molecule has 0 saturated carbocycles. The zero-order chi connectivity index (χ0) is 23.0. The maximum absolute atomic E-state index is 12.9. The summed E-state index contributed by atoms with van der Waals surface area (Å²) in [6, 6.07) is 10.8. The lowest BCUT2D eigenvalue weighted by atomic mass is 9.99. The van der Waals surface area contributed by atoms with Crippen LogP contribution < -0.4 is 5.32 Å². The lowest BCUT2D eigenvalue weighted by Crippen LogP contribution is -2.04. The molecule has 0 saturated heterocycles. The number of nitro benzene ring substituents is 1. The van der Waals surface area contributed by atoms with Gasteiger partial charge in [0.15, 0.2) is 5.52 Å². The number of hydrogen-bond donors (Lipinski definition) is 2. The summed E-state index contributed by atoms with van der Waals surface area (Å²) in [4.78, 5) is 21.9. The molecule has 9 nitrogen and oxygen atoms in total. The summed E-state index contributed by atoms with van der Waals surface area (Å²) in [6.07, 6.45) is -4.52. The topological polar surface area (TPSA) is 131 Å². The number of carboxylic acid groups (broad SMARTS) is 1. The maximum atomic E-state index is 12.9. The van der Waals surface area contributed by atoms with Crippen molar-refractivity contribution < 1.29 is 32.6 Å². The Bertz CT molecular complexity index is 1350. The molecule has 0 aliphatic heterocycles. The Hall–Kier alpha value is -4.48. The van der Waals surface area contributed by atoms with E-state index in [4.69, 9.17) is 0 Å². The number of non-ortho nitro benzene ring substituents is 1. The number of rotatable bonds is 5. The largest absolute Gasteiger partial charge is 0.478 e. The normalized spacial score (nSPS) is 11.5. The van der Waals surface area contributed by atoms with Crippen molar-refractivity contribution in [2.45, 2.75) is 6.18 Å². The second-order valence-electron chi connectivity index (χ2n) is 6.62. The Kier molecular flexibility index (Phi) is 4.97. The van der Waals surface area contributed by atoms with Crippen LogP contribution in [0.2, 0.25) is 0 Å². The summed E-state index contributed by atoms with van der Waals surface area (Å²) in [7, 11) is 0. The van der Waals surface area contributed by atoms with E-state index in [2.05, 4.69) is 20.3 Å². The van der Waals surface area contributed by atoms with Gasteiger partial charge in [-0.3, -0.25) is 10.1 Å². The van der Waals surface area contributed by atoms with Gasteiger partial charge in [-0.25, -0.2) is 9.42 Å². The van der Waals surface area contributed by atoms with Crippen molar-refractivity contribution in [3.8, 4) is 11.1 Å². The summed E-state index contributed by atoms with van der Waals surface area (Å²) in [5.41, 5.74) is -0.0926. The average molecular weight is 444 g/mol. The fraction of sp³-hybridized carbons (Fsp3) is 0.0500. The third-order valence-corrected chi connectivity index (χ3v) is 4.65. The van der Waals surface area contributed by atoms with Crippen LogP contribution >= 0.6 is 0 Å². The predicted octanol–water partition coefficient (Wildman–Crippen LogP) is 5.26. The van der Waals surface area contributed by atoms with E-state index in [1.165, 1.54) is 42.5 Å². The molecule has 162 valence electrons. The lowest BCUT2D eigenvalue weighted by molar-refractivity contribution is -0.383. The molecule has 4 rings (SSSR count). The van der Waals surface area contributed by atoms with E-state index in [0.717, 1.165) is 12.1 Å². The lowest BCUT2D eigenvalue weighted by Gasteiger charge is -2.14. The Morgan fingerprint density at radius 1 is 1.00 bits per heavy atom. The van der Waals surface area contributed by atoms with Gasteiger partial charge in [-0.15, -0.1) is 0 Å². The monoisotopic (exact) mass is 444 g/mol. The molecule has 2 N–H and O–H groups in total. The number of nitro groups is 1. The number of aromatic carboxylic acids is 1. The first-order valence-corrected chi connectivity index (χ1v) is 8.87. The first-order valence-electron chi connectivity index (χ1n) is 8.87. The highest BCUT2D eigenvalue weighted by Gasteiger charge is 2.30. The maximum Gasteiger partial charge on any atom is 0.416 e. The Morgan fingerprint density at radius 3 is 2.28 bits per heavy atom. The minimum absolute atomic E-state index is 0.0554. The molecule has 1 heterocycles. The fourth-order valence-electron chi connectivity index (χ4n) is 3.11. The third kappa shape index (κ3) is 3.80. The fourth-order valence-corrected chi connectivity index (χ4v) is 3.11. The summed E-state index contributed by atoms with van der Waals surface area (Å²) in [6.45, 7) is 0. The molecule has 3 aromatic carbocycles.